The van der Waals surface area contributed by atoms with Crippen molar-refractivity contribution in [2.75, 3.05) is 6.54 Å². The average molecular weight is 349 g/mol. The monoisotopic (exact) mass is 349 g/mol. The average Bonchev–Trinajstić information content (AvgIpc) is 2.93. The lowest BCUT2D eigenvalue weighted by Crippen LogP contribution is -2.33. The van der Waals surface area contributed by atoms with Crippen molar-refractivity contribution in [2.24, 2.45) is 5.92 Å². The van der Waals surface area contributed by atoms with E-state index in [0.29, 0.717) is 25.8 Å². The first-order valence-corrected chi connectivity index (χ1v) is 9.23. The van der Waals surface area contributed by atoms with Gasteiger partial charge >= 0.3 is 5.97 Å². The second-order valence-electron chi connectivity index (χ2n) is 6.73. The van der Waals surface area contributed by atoms with Gasteiger partial charge in [0.25, 0.3) is 0 Å². The van der Waals surface area contributed by atoms with E-state index in [1.54, 1.807) is 13.0 Å². The molecule has 1 heterocycles. The van der Waals surface area contributed by atoms with Crippen LogP contribution in [0.2, 0.25) is 0 Å². The highest BCUT2D eigenvalue weighted by Crippen LogP contribution is 2.21. The van der Waals surface area contributed by atoms with Gasteiger partial charge in [0.1, 0.15) is 0 Å². The highest BCUT2D eigenvalue weighted by molar-refractivity contribution is 5.79. The lowest BCUT2D eigenvalue weighted by atomic mass is 10.00. The number of aliphatic carboxylic acids is 1. The summed E-state index contributed by atoms with van der Waals surface area (Å²) < 4.78 is 0. The molecule has 0 aliphatic carbocycles. The Kier molecular flexibility index (Phi) is 9.94. The Labute approximate surface area is 151 Å². The third-order valence-corrected chi connectivity index (χ3v) is 4.63. The number of unbranched alkanes of at least 4 members (excludes halogenated alkanes) is 3. The van der Waals surface area contributed by atoms with Gasteiger partial charge in [-0.05, 0) is 32.1 Å². The van der Waals surface area contributed by atoms with Crippen LogP contribution in [-0.4, -0.2) is 45.7 Å². The number of amides is 1. The molecule has 25 heavy (non-hydrogen) atoms. The number of hydrogen-bond donors (Lipinski definition) is 2. The first kappa shape index (κ1) is 21.2. The van der Waals surface area contributed by atoms with E-state index < -0.39 is 12.1 Å². The summed E-state index contributed by atoms with van der Waals surface area (Å²) in [6.07, 6.45) is 8.82. The van der Waals surface area contributed by atoms with E-state index in [2.05, 4.69) is 11.8 Å². The minimum atomic E-state index is -0.752. The van der Waals surface area contributed by atoms with E-state index >= 15 is 0 Å². The summed E-state index contributed by atoms with van der Waals surface area (Å²) in [4.78, 5) is 24.4. The van der Waals surface area contributed by atoms with E-state index in [-0.39, 0.29) is 24.3 Å². The van der Waals surface area contributed by atoms with Gasteiger partial charge in [0.05, 0.1) is 12.1 Å². The fourth-order valence-electron chi connectivity index (χ4n) is 2.97. The normalized spacial score (nSPS) is 19.7. The van der Waals surface area contributed by atoms with E-state index in [0.717, 1.165) is 25.7 Å². The van der Waals surface area contributed by atoms with Gasteiger partial charge in [-0.2, -0.15) is 0 Å². The number of carboxylic acids is 1. The topological polar surface area (TPSA) is 77.8 Å². The van der Waals surface area contributed by atoms with Crippen LogP contribution in [0.5, 0.6) is 0 Å². The zero-order chi connectivity index (χ0) is 18.7. The predicted molar refractivity (Wildman–Crippen MR) is 97.8 cm³/mol. The summed E-state index contributed by atoms with van der Waals surface area (Å²) in [6.45, 7) is 4.46. The van der Waals surface area contributed by atoms with E-state index in [1.807, 2.05) is 17.9 Å². The summed E-state index contributed by atoms with van der Waals surface area (Å²) in [5, 5.41) is 18.8. The first-order valence-electron chi connectivity index (χ1n) is 9.23. The number of carbonyl (C=O) groups excluding carboxylic acids is 1. The summed E-state index contributed by atoms with van der Waals surface area (Å²) in [7, 11) is 0. The number of aliphatic hydroxyl groups excluding tert-OH is 1. The van der Waals surface area contributed by atoms with Crippen molar-refractivity contribution in [3.63, 3.8) is 0 Å². The number of carbonyl (C=O) groups is 2. The van der Waals surface area contributed by atoms with Crippen LogP contribution in [0.25, 0.3) is 0 Å². The standard InChI is InChI=1S/C20H31NO4/c1-3-4-9-16(2)18(22)13-11-17-12-14-19(23)21(17)15-8-6-5-7-10-20(24)25/h11,13,16-18,22H,5-10,12,14-15H2,1-2H3,(H,24,25)/t16-,17-,18-/m0/s1. The van der Waals surface area contributed by atoms with Gasteiger partial charge in [-0.15, -0.1) is 11.8 Å². The molecular weight excluding hydrogens is 318 g/mol. The molecule has 1 saturated heterocycles. The minimum absolute atomic E-state index is 0.0608. The second-order valence-corrected chi connectivity index (χ2v) is 6.73. The maximum atomic E-state index is 12.0. The molecule has 1 aliphatic rings. The molecule has 140 valence electrons. The molecule has 2 N–H and O–H groups in total. The smallest absolute Gasteiger partial charge is 0.303 e. The van der Waals surface area contributed by atoms with Gasteiger partial charge < -0.3 is 15.1 Å². The maximum absolute atomic E-state index is 12.0. The molecule has 1 rings (SSSR count). The van der Waals surface area contributed by atoms with Gasteiger partial charge in [0, 0.05) is 25.8 Å². The fourth-order valence-corrected chi connectivity index (χ4v) is 2.97. The third-order valence-electron chi connectivity index (χ3n) is 4.63. The van der Waals surface area contributed by atoms with Crippen LogP contribution in [0.15, 0.2) is 12.2 Å². The molecular formula is C20H31NO4. The zero-order valence-corrected chi connectivity index (χ0v) is 15.4. The molecule has 0 unspecified atom stereocenters. The summed E-state index contributed by atoms with van der Waals surface area (Å²) in [5.41, 5.74) is 0. The minimum Gasteiger partial charge on any atom is -0.481 e. The molecule has 5 heteroatoms. The Morgan fingerprint density at radius 1 is 1.36 bits per heavy atom. The van der Waals surface area contributed by atoms with Crippen molar-refractivity contribution in [3.05, 3.63) is 12.2 Å². The quantitative estimate of drug-likeness (QED) is 0.341. The van der Waals surface area contributed by atoms with E-state index in [9.17, 15) is 14.7 Å². The van der Waals surface area contributed by atoms with Crippen LogP contribution in [0.1, 0.15) is 65.2 Å². The molecule has 1 amide bonds. The van der Waals surface area contributed by atoms with Gasteiger partial charge in [0.15, 0.2) is 0 Å². The molecule has 0 spiro atoms. The van der Waals surface area contributed by atoms with Gasteiger partial charge in [0.2, 0.25) is 5.91 Å². The Balaban J connectivity index is 2.39. The Morgan fingerprint density at radius 3 is 2.76 bits per heavy atom. The number of aliphatic hydroxyl groups is 1. The zero-order valence-electron chi connectivity index (χ0n) is 15.4. The van der Waals surface area contributed by atoms with E-state index in [1.165, 1.54) is 0 Å². The maximum Gasteiger partial charge on any atom is 0.303 e. The second kappa shape index (κ2) is 11.7. The van der Waals surface area contributed by atoms with Crippen molar-refractivity contribution in [2.45, 2.75) is 77.4 Å². The largest absolute Gasteiger partial charge is 0.481 e. The van der Waals surface area contributed by atoms with Gasteiger partial charge in [-0.25, -0.2) is 0 Å². The van der Waals surface area contributed by atoms with Crippen LogP contribution >= 0.6 is 0 Å². The molecule has 1 aliphatic heterocycles. The molecule has 0 aromatic rings. The van der Waals surface area contributed by atoms with Gasteiger partial charge in [-0.1, -0.05) is 31.9 Å². The summed E-state index contributed by atoms with van der Waals surface area (Å²) in [6, 6.07) is 0.0608. The van der Waals surface area contributed by atoms with Crippen molar-refractivity contribution in [3.8, 4) is 11.8 Å². The summed E-state index contributed by atoms with van der Waals surface area (Å²) in [5.74, 6) is 5.30. The van der Waals surface area contributed by atoms with Crippen molar-refractivity contribution in [1.82, 2.24) is 4.90 Å². The number of nitrogens with zero attached hydrogens (tertiary/aromatic N) is 1. The SMILES string of the molecule is CC#CC[C@H](C)[C@@H](O)C=C[C@H]1CCC(=O)N1CCCCCCC(=O)O. The van der Waals surface area contributed by atoms with Crippen LogP contribution in [0.3, 0.4) is 0 Å². The Morgan fingerprint density at radius 2 is 2.08 bits per heavy atom. The van der Waals surface area contributed by atoms with Crippen LogP contribution in [-0.2, 0) is 9.59 Å². The third kappa shape index (κ3) is 8.22. The molecule has 5 nitrogen and oxygen atoms in total. The fraction of sp³-hybridized carbons (Fsp3) is 0.700. The van der Waals surface area contributed by atoms with Crippen LogP contribution in [0, 0.1) is 17.8 Å². The highest BCUT2D eigenvalue weighted by Gasteiger charge is 2.28. The lowest BCUT2D eigenvalue weighted by Gasteiger charge is -2.23. The number of hydrogen-bond acceptors (Lipinski definition) is 3. The molecule has 1 fully saturated rings. The van der Waals surface area contributed by atoms with E-state index in [4.69, 9.17) is 5.11 Å². The van der Waals surface area contributed by atoms with Crippen molar-refractivity contribution < 1.29 is 19.8 Å². The Hall–Kier alpha value is -1.80. The number of carboxylic acid groups (broad SMARTS) is 1. The molecule has 0 aromatic carbocycles. The summed E-state index contributed by atoms with van der Waals surface area (Å²) >= 11 is 0. The molecule has 0 aromatic heterocycles. The van der Waals surface area contributed by atoms with Crippen LogP contribution < -0.4 is 0 Å². The molecule has 0 saturated carbocycles. The number of likely N-dealkylation sites (tertiary alicyclic amines) is 1. The molecule has 0 radical (unpaired) electrons. The van der Waals surface area contributed by atoms with Crippen molar-refractivity contribution in [1.29, 1.82) is 0 Å². The van der Waals surface area contributed by atoms with Crippen molar-refractivity contribution >= 4 is 11.9 Å². The van der Waals surface area contributed by atoms with Crippen LogP contribution in [0.4, 0.5) is 0 Å². The highest BCUT2D eigenvalue weighted by atomic mass is 16.4. The first-order chi connectivity index (χ1) is 12.0. The Bertz CT molecular complexity index is 518. The lowest BCUT2D eigenvalue weighted by molar-refractivity contribution is -0.137. The molecule has 3 atom stereocenters. The van der Waals surface area contributed by atoms with Gasteiger partial charge in [-0.3, -0.25) is 9.59 Å². The predicted octanol–water partition coefficient (Wildman–Crippen LogP) is 2.98. The molecule has 0 bridgehead atoms. The number of rotatable bonds is 11.